The summed E-state index contributed by atoms with van der Waals surface area (Å²) in [4.78, 5) is 14.1. The van der Waals surface area contributed by atoms with Crippen molar-refractivity contribution in [2.24, 2.45) is 5.73 Å². The summed E-state index contributed by atoms with van der Waals surface area (Å²) in [7, 11) is -4.05. The van der Waals surface area contributed by atoms with Crippen molar-refractivity contribution < 1.29 is 22.7 Å². The molecule has 2 aromatic rings. The Morgan fingerprint density at radius 2 is 1.82 bits per heavy atom. The number of benzene rings is 2. The number of piperidine rings is 1. The van der Waals surface area contributed by atoms with Gasteiger partial charge >= 0.3 is 5.97 Å². The molecule has 2 aromatic carbocycles. The predicted molar refractivity (Wildman–Crippen MR) is 154 cm³/mol. The van der Waals surface area contributed by atoms with Crippen LogP contribution in [0.4, 0.5) is 5.69 Å². The first-order chi connectivity index (χ1) is 18.5. The summed E-state index contributed by atoms with van der Waals surface area (Å²) in [5.74, 6) is -0.475. The number of nitrogen functional groups attached to an aromatic ring is 1. The lowest BCUT2D eigenvalue weighted by Crippen LogP contribution is -2.40. The van der Waals surface area contributed by atoms with Crippen LogP contribution in [0.3, 0.4) is 0 Å². The highest BCUT2D eigenvalue weighted by atomic mass is 32.2. The molecule has 0 atom stereocenters. The summed E-state index contributed by atoms with van der Waals surface area (Å²) in [5, 5.41) is 15.4. The molecular formula is C28H37N5O5S. The molecule has 0 radical (unpaired) electrons. The van der Waals surface area contributed by atoms with Gasteiger partial charge in [0.25, 0.3) is 0 Å². The van der Waals surface area contributed by atoms with Gasteiger partial charge in [0, 0.05) is 31.5 Å². The molecule has 0 saturated carbocycles. The molecule has 3 rings (SSSR count). The number of hydrogen-bond donors (Lipinski definition) is 3. The Hall–Kier alpha value is -3.86. The number of anilines is 1. The van der Waals surface area contributed by atoms with Crippen molar-refractivity contribution in [2.75, 3.05) is 36.3 Å². The maximum Gasteiger partial charge on any atom is 0.323 e. The van der Waals surface area contributed by atoms with Gasteiger partial charge in [0.1, 0.15) is 17.7 Å². The number of likely N-dealkylation sites (tertiary alicyclic amines) is 1. The predicted octanol–water partition coefficient (Wildman–Crippen LogP) is 3.53. The van der Waals surface area contributed by atoms with Gasteiger partial charge in [-0.25, -0.2) is 8.42 Å². The van der Waals surface area contributed by atoms with E-state index in [0.29, 0.717) is 22.8 Å². The van der Waals surface area contributed by atoms with Crippen molar-refractivity contribution in [3.8, 4) is 5.75 Å². The zero-order valence-corrected chi connectivity index (χ0v) is 23.5. The summed E-state index contributed by atoms with van der Waals surface area (Å²) in [6.07, 6.45) is 5.08. The van der Waals surface area contributed by atoms with E-state index in [-0.39, 0.29) is 25.1 Å². The number of aryl methyl sites for hydroxylation is 1. The summed E-state index contributed by atoms with van der Waals surface area (Å²) < 4.78 is 38.7. The highest BCUT2D eigenvalue weighted by molar-refractivity contribution is 7.93. The summed E-state index contributed by atoms with van der Waals surface area (Å²) in [5.41, 5.74) is 8.32. The van der Waals surface area contributed by atoms with E-state index in [1.54, 1.807) is 62.4 Å². The molecule has 1 fully saturated rings. The van der Waals surface area contributed by atoms with E-state index < -0.39 is 21.7 Å². The van der Waals surface area contributed by atoms with E-state index in [1.807, 2.05) is 17.9 Å². The quantitative estimate of drug-likeness (QED) is 0.218. The number of carbonyl (C=O) groups is 1. The number of nitrogens with one attached hydrogen (secondary N) is 2. The van der Waals surface area contributed by atoms with E-state index in [4.69, 9.17) is 26.0 Å². The smallest absolute Gasteiger partial charge is 0.323 e. The van der Waals surface area contributed by atoms with Crippen LogP contribution < -0.4 is 14.8 Å². The standard InChI is InChI=1S/C28H37N5O5S/c1-4-37-27(34)19-39(35,36)33(15-5-6-22-18-23(28(30)31)8-7-20(22)2)24-9-11-25(12-10-24)38-26-13-16-32(17-14-26)21(3)29/h5-12,18,26,29H,4,13-17,19H2,1-3H3,(H3,30,31). The highest BCUT2D eigenvalue weighted by Gasteiger charge is 2.26. The summed E-state index contributed by atoms with van der Waals surface area (Å²) >= 11 is 0. The molecule has 1 heterocycles. The van der Waals surface area contributed by atoms with E-state index in [0.717, 1.165) is 37.1 Å². The van der Waals surface area contributed by atoms with Gasteiger partial charge in [0.05, 0.1) is 24.7 Å². The van der Waals surface area contributed by atoms with Gasteiger partial charge in [-0.05, 0) is 62.2 Å². The number of amidine groups is 2. The Kier molecular flexibility index (Phi) is 10.1. The van der Waals surface area contributed by atoms with Crippen LogP contribution >= 0.6 is 0 Å². The van der Waals surface area contributed by atoms with Crippen molar-refractivity contribution in [2.45, 2.75) is 39.7 Å². The first-order valence-corrected chi connectivity index (χ1v) is 14.5. The van der Waals surface area contributed by atoms with Gasteiger partial charge in [0.15, 0.2) is 5.75 Å². The number of nitrogens with zero attached hydrogens (tertiary/aromatic N) is 2. The van der Waals surface area contributed by atoms with Gasteiger partial charge in [0.2, 0.25) is 10.0 Å². The minimum Gasteiger partial charge on any atom is -0.490 e. The Bertz CT molecular complexity index is 1320. The molecule has 1 saturated heterocycles. The van der Waals surface area contributed by atoms with Crippen molar-refractivity contribution in [3.63, 3.8) is 0 Å². The van der Waals surface area contributed by atoms with Crippen molar-refractivity contribution in [1.82, 2.24) is 4.90 Å². The molecule has 0 aliphatic carbocycles. The Balaban J connectivity index is 1.79. The van der Waals surface area contributed by atoms with Crippen LogP contribution in [0.2, 0.25) is 0 Å². The molecule has 4 N–H and O–H groups in total. The molecule has 210 valence electrons. The van der Waals surface area contributed by atoms with E-state index in [2.05, 4.69) is 0 Å². The van der Waals surface area contributed by atoms with Gasteiger partial charge < -0.3 is 20.1 Å². The number of carbonyl (C=O) groups excluding carboxylic acids is 1. The number of ether oxygens (including phenoxy) is 2. The average Bonchev–Trinajstić information content (AvgIpc) is 2.88. The van der Waals surface area contributed by atoms with Crippen LogP contribution in [-0.4, -0.2) is 69.1 Å². The summed E-state index contributed by atoms with van der Waals surface area (Å²) in [6.45, 7) is 6.90. The molecule has 1 aliphatic rings. The van der Waals surface area contributed by atoms with Crippen LogP contribution in [0.5, 0.6) is 5.75 Å². The number of nitrogens with two attached hydrogens (primary N) is 1. The average molecular weight is 556 g/mol. The van der Waals surface area contributed by atoms with Gasteiger partial charge in [-0.3, -0.25) is 19.9 Å². The Labute approximate surface area is 230 Å². The van der Waals surface area contributed by atoms with Crippen LogP contribution in [0.1, 0.15) is 43.4 Å². The molecule has 39 heavy (non-hydrogen) atoms. The Morgan fingerprint density at radius 3 is 2.41 bits per heavy atom. The number of hydrogen-bond acceptors (Lipinski definition) is 7. The lowest BCUT2D eigenvalue weighted by atomic mass is 10.0. The molecular weight excluding hydrogens is 518 g/mol. The number of esters is 1. The van der Waals surface area contributed by atoms with Crippen molar-refractivity contribution in [1.29, 1.82) is 10.8 Å². The molecule has 1 aliphatic heterocycles. The highest BCUT2D eigenvalue weighted by Crippen LogP contribution is 2.25. The van der Waals surface area contributed by atoms with Crippen LogP contribution in [0.15, 0.2) is 48.5 Å². The number of rotatable bonds is 11. The molecule has 0 amide bonds. The molecule has 11 heteroatoms. The fraction of sp³-hybridized carbons (Fsp3) is 0.393. The first-order valence-electron chi connectivity index (χ1n) is 12.8. The van der Waals surface area contributed by atoms with Gasteiger partial charge in [-0.1, -0.05) is 24.3 Å². The third-order valence-corrected chi connectivity index (χ3v) is 8.08. The largest absolute Gasteiger partial charge is 0.490 e. The second kappa shape index (κ2) is 13.3. The SMILES string of the molecule is CCOC(=O)CS(=O)(=O)N(CC=Cc1cc(C(=N)N)ccc1C)c1ccc(OC2CCN(C(C)=N)CC2)cc1. The molecule has 0 spiro atoms. The summed E-state index contributed by atoms with van der Waals surface area (Å²) in [6, 6.07) is 12.1. The lowest BCUT2D eigenvalue weighted by Gasteiger charge is -2.32. The van der Waals surface area contributed by atoms with Crippen LogP contribution in [-0.2, 0) is 19.6 Å². The topological polar surface area (TPSA) is 150 Å². The maximum atomic E-state index is 13.3. The second-order valence-electron chi connectivity index (χ2n) is 9.36. The monoisotopic (exact) mass is 555 g/mol. The zero-order valence-electron chi connectivity index (χ0n) is 22.6. The van der Waals surface area contributed by atoms with Crippen molar-refractivity contribution >= 4 is 39.4 Å². The lowest BCUT2D eigenvalue weighted by molar-refractivity contribution is -0.139. The van der Waals surface area contributed by atoms with Gasteiger partial charge in [-0.15, -0.1) is 0 Å². The van der Waals surface area contributed by atoms with E-state index in [1.165, 1.54) is 4.31 Å². The normalized spacial score (nSPS) is 14.3. The zero-order chi connectivity index (χ0) is 28.6. The third kappa shape index (κ3) is 8.31. The van der Waals surface area contributed by atoms with Gasteiger partial charge in [-0.2, -0.15) is 0 Å². The second-order valence-corrected chi connectivity index (χ2v) is 11.3. The van der Waals surface area contributed by atoms with Crippen molar-refractivity contribution in [3.05, 3.63) is 65.2 Å². The van der Waals surface area contributed by atoms with E-state index >= 15 is 0 Å². The molecule has 0 unspecified atom stereocenters. The first kappa shape index (κ1) is 29.7. The molecule has 0 aromatic heterocycles. The minimum atomic E-state index is -4.05. The fourth-order valence-corrected chi connectivity index (χ4v) is 5.56. The molecule has 0 bridgehead atoms. The van der Waals surface area contributed by atoms with E-state index in [9.17, 15) is 13.2 Å². The van der Waals surface area contributed by atoms with Crippen LogP contribution in [0, 0.1) is 17.7 Å². The molecule has 10 nitrogen and oxygen atoms in total. The third-order valence-electron chi connectivity index (χ3n) is 6.44. The fourth-order valence-electron chi connectivity index (χ4n) is 4.26. The van der Waals surface area contributed by atoms with Crippen LogP contribution in [0.25, 0.3) is 6.08 Å². The Morgan fingerprint density at radius 1 is 1.15 bits per heavy atom. The number of sulfonamides is 1. The maximum absolute atomic E-state index is 13.3. The minimum absolute atomic E-state index is 0.0204.